The Balaban J connectivity index is 1.37. The molecule has 0 N–H and O–H groups in total. The van der Waals surface area contributed by atoms with Crippen molar-refractivity contribution >= 4 is 17.5 Å². The van der Waals surface area contributed by atoms with E-state index in [0.717, 1.165) is 43.6 Å². The largest absolute Gasteiger partial charge is 0.355 e. The van der Waals surface area contributed by atoms with Gasteiger partial charge in [0.2, 0.25) is 0 Å². The Hall–Kier alpha value is -2.77. The first-order valence-corrected chi connectivity index (χ1v) is 9.13. The maximum atomic E-state index is 12.7. The average Bonchev–Trinajstić information content (AvgIpc) is 3.23. The molecule has 2 aliphatic heterocycles. The lowest BCUT2D eigenvalue weighted by atomic mass is 10.2. The lowest BCUT2D eigenvalue weighted by Crippen LogP contribution is -2.49. The summed E-state index contributed by atoms with van der Waals surface area (Å²) in [5.41, 5.74) is 0.416. The predicted octanol–water partition coefficient (Wildman–Crippen LogP) is 1.14. The van der Waals surface area contributed by atoms with Crippen LogP contribution < -0.4 is 9.80 Å². The Morgan fingerprint density at radius 3 is 2.27 bits per heavy atom. The number of carbonyl (C=O) groups is 1. The summed E-state index contributed by atoms with van der Waals surface area (Å²) in [4.78, 5) is 27.5. The van der Waals surface area contributed by atoms with Crippen LogP contribution in [-0.2, 0) is 0 Å². The van der Waals surface area contributed by atoms with Crippen LogP contribution in [0.3, 0.4) is 0 Å². The normalized spacial score (nSPS) is 17.7. The van der Waals surface area contributed by atoms with Crippen molar-refractivity contribution in [2.24, 2.45) is 0 Å². The smallest absolute Gasteiger partial charge is 0.274 e. The number of aromatic nitrogens is 4. The number of amides is 1. The first-order chi connectivity index (χ1) is 12.7. The number of carbonyl (C=O) groups excluding carboxylic acids is 1. The third kappa shape index (κ3) is 3.44. The summed E-state index contributed by atoms with van der Waals surface area (Å²) in [6.07, 6.45) is 4.16. The molecule has 4 rings (SSSR count). The molecule has 0 aliphatic carbocycles. The second-order valence-electron chi connectivity index (χ2n) is 6.71. The number of hydrogen-bond donors (Lipinski definition) is 0. The summed E-state index contributed by atoms with van der Waals surface area (Å²) < 4.78 is 0. The van der Waals surface area contributed by atoms with Gasteiger partial charge in [-0.25, -0.2) is 9.97 Å². The SMILES string of the molecule is Cc1nccc(N2CCN(C(=O)c3ccc(N4CCCC4)nn3)CC2)n1. The van der Waals surface area contributed by atoms with E-state index in [0.29, 0.717) is 18.8 Å². The van der Waals surface area contributed by atoms with Crippen LogP contribution in [0.4, 0.5) is 11.6 Å². The Bertz CT molecular complexity index is 765. The van der Waals surface area contributed by atoms with E-state index in [4.69, 9.17) is 0 Å². The van der Waals surface area contributed by atoms with Gasteiger partial charge >= 0.3 is 0 Å². The number of piperazine rings is 1. The first-order valence-electron chi connectivity index (χ1n) is 9.13. The van der Waals surface area contributed by atoms with Crippen LogP contribution in [0, 0.1) is 6.92 Å². The average molecular weight is 353 g/mol. The van der Waals surface area contributed by atoms with E-state index in [1.807, 2.05) is 24.0 Å². The molecule has 8 heteroatoms. The van der Waals surface area contributed by atoms with Crippen molar-refractivity contribution in [1.82, 2.24) is 25.1 Å². The zero-order valence-electron chi connectivity index (χ0n) is 15.0. The molecule has 2 aliphatic rings. The van der Waals surface area contributed by atoms with Crippen LogP contribution in [0.15, 0.2) is 24.4 Å². The monoisotopic (exact) mass is 353 g/mol. The molecule has 4 heterocycles. The third-order valence-electron chi connectivity index (χ3n) is 4.95. The highest BCUT2D eigenvalue weighted by molar-refractivity contribution is 5.92. The second kappa shape index (κ2) is 7.23. The molecule has 8 nitrogen and oxygen atoms in total. The summed E-state index contributed by atoms with van der Waals surface area (Å²) in [5, 5.41) is 8.42. The zero-order valence-corrected chi connectivity index (χ0v) is 15.0. The molecule has 0 saturated carbocycles. The van der Waals surface area contributed by atoms with Crippen LogP contribution in [0.2, 0.25) is 0 Å². The molecule has 26 heavy (non-hydrogen) atoms. The van der Waals surface area contributed by atoms with E-state index >= 15 is 0 Å². The lowest BCUT2D eigenvalue weighted by molar-refractivity contribution is 0.0739. The highest BCUT2D eigenvalue weighted by atomic mass is 16.2. The van der Waals surface area contributed by atoms with Crippen LogP contribution >= 0.6 is 0 Å². The fraction of sp³-hybridized carbons (Fsp3) is 0.500. The highest BCUT2D eigenvalue weighted by Crippen LogP contribution is 2.18. The molecule has 2 fully saturated rings. The van der Waals surface area contributed by atoms with Gasteiger partial charge in [-0.15, -0.1) is 10.2 Å². The van der Waals surface area contributed by atoms with E-state index in [-0.39, 0.29) is 5.91 Å². The maximum absolute atomic E-state index is 12.7. The Morgan fingerprint density at radius 1 is 0.885 bits per heavy atom. The van der Waals surface area contributed by atoms with Gasteiger partial charge in [0.1, 0.15) is 11.6 Å². The molecule has 0 unspecified atom stereocenters. The van der Waals surface area contributed by atoms with E-state index < -0.39 is 0 Å². The molecule has 0 spiro atoms. The topological polar surface area (TPSA) is 78.4 Å². The van der Waals surface area contributed by atoms with E-state index in [9.17, 15) is 4.79 Å². The number of rotatable bonds is 3. The van der Waals surface area contributed by atoms with Crippen molar-refractivity contribution in [1.29, 1.82) is 0 Å². The summed E-state index contributed by atoms with van der Waals surface area (Å²) in [7, 11) is 0. The van der Waals surface area contributed by atoms with Gasteiger partial charge in [0.25, 0.3) is 5.91 Å². The number of aryl methyl sites for hydroxylation is 1. The highest BCUT2D eigenvalue weighted by Gasteiger charge is 2.24. The first kappa shape index (κ1) is 16.7. The number of hydrogen-bond acceptors (Lipinski definition) is 7. The molecule has 0 radical (unpaired) electrons. The van der Waals surface area contributed by atoms with Crippen LogP contribution in [0.25, 0.3) is 0 Å². The van der Waals surface area contributed by atoms with Crippen molar-refractivity contribution < 1.29 is 4.79 Å². The van der Waals surface area contributed by atoms with Crippen LogP contribution in [0.5, 0.6) is 0 Å². The molecule has 2 aromatic heterocycles. The Morgan fingerprint density at radius 2 is 1.62 bits per heavy atom. The zero-order chi connectivity index (χ0) is 17.9. The van der Waals surface area contributed by atoms with Gasteiger partial charge in [0, 0.05) is 45.5 Å². The molecular formula is C18H23N7O. The van der Waals surface area contributed by atoms with Crippen molar-refractivity contribution in [2.45, 2.75) is 19.8 Å². The second-order valence-corrected chi connectivity index (χ2v) is 6.71. The van der Waals surface area contributed by atoms with Crippen molar-refractivity contribution in [3.63, 3.8) is 0 Å². The maximum Gasteiger partial charge on any atom is 0.274 e. The fourth-order valence-electron chi connectivity index (χ4n) is 3.47. The van der Waals surface area contributed by atoms with Crippen molar-refractivity contribution in [3.05, 3.63) is 35.9 Å². The van der Waals surface area contributed by atoms with E-state index in [1.165, 1.54) is 12.8 Å². The molecule has 136 valence electrons. The van der Waals surface area contributed by atoms with Gasteiger partial charge in [0.15, 0.2) is 11.5 Å². The van der Waals surface area contributed by atoms with Gasteiger partial charge < -0.3 is 14.7 Å². The summed E-state index contributed by atoms with van der Waals surface area (Å²) in [5.74, 6) is 2.49. The minimum Gasteiger partial charge on any atom is -0.355 e. The van der Waals surface area contributed by atoms with Crippen LogP contribution in [0.1, 0.15) is 29.2 Å². The lowest BCUT2D eigenvalue weighted by Gasteiger charge is -2.35. The van der Waals surface area contributed by atoms with Crippen molar-refractivity contribution in [2.75, 3.05) is 49.1 Å². The van der Waals surface area contributed by atoms with Gasteiger partial charge in [-0.3, -0.25) is 4.79 Å². The van der Waals surface area contributed by atoms with E-state index in [1.54, 1.807) is 12.3 Å². The molecule has 0 bridgehead atoms. The quantitative estimate of drug-likeness (QED) is 0.819. The summed E-state index contributed by atoms with van der Waals surface area (Å²) >= 11 is 0. The van der Waals surface area contributed by atoms with Crippen LogP contribution in [-0.4, -0.2) is 70.2 Å². The molecule has 2 aromatic rings. The van der Waals surface area contributed by atoms with Gasteiger partial charge in [0.05, 0.1) is 0 Å². The third-order valence-corrected chi connectivity index (χ3v) is 4.95. The molecule has 0 atom stereocenters. The minimum absolute atomic E-state index is 0.0519. The summed E-state index contributed by atoms with van der Waals surface area (Å²) in [6.45, 7) is 6.73. The van der Waals surface area contributed by atoms with Crippen molar-refractivity contribution in [3.8, 4) is 0 Å². The minimum atomic E-state index is -0.0519. The number of nitrogens with zero attached hydrogens (tertiary/aromatic N) is 7. The Kier molecular flexibility index (Phi) is 4.64. The molecule has 2 saturated heterocycles. The molecule has 1 amide bonds. The Labute approximate surface area is 152 Å². The molecule has 0 aromatic carbocycles. The van der Waals surface area contributed by atoms with E-state index in [2.05, 4.69) is 30.0 Å². The number of anilines is 2. The van der Waals surface area contributed by atoms with Gasteiger partial charge in [-0.05, 0) is 38.0 Å². The fourth-order valence-corrected chi connectivity index (χ4v) is 3.47. The van der Waals surface area contributed by atoms with Gasteiger partial charge in [-0.2, -0.15) is 0 Å². The predicted molar refractivity (Wildman–Crippen MR) is 98.4 cm³/mol. The molecular weight excluding hydrogens is 330 g/mol. The standard InChI is InChI=1S/C18H23N7O/c1-14-19-7-6-16(20-14)24-10-12-25(13-11-24)18(26)15-4-5-17(22-21-15)23-8-2-3-9-23/h4-7H,2-3,8-13H2,1H3. The summed E-state index contributed by atoms with van der Waals surface area (Å²) in [6, 6.07) is 5.61. The van der Waals surface area contributed by atoms with Gasteiger partial charge in [-0.1, -0.05) is 0 Å².